The fourth-order valence-electron chi connectivity index (χ4n) is 4.73. The molecule has 1 aliphatic rings. The minimum atomic E-state index is -4.51. The summed E-state index contributed by atoms with van der Waals surface area (Å²) in [5.41, 5.74) is -0.640. The second-order valence-electron chi connectivity index (χ2n) is 9.87. The predicted molar refractivity (Wildman–Crippen MR) is 137 cm³/mol. The van der Waals surface area contributed by atoms with Gasteiger partial charge in [-0.05, 0) is 81.8 Å². The van der Waals surface area contributed by atoms with Gasteiger partial charge in [-0.15, -0.1) is 0 Å². The number of aryl methyl sites for hydroxylation is 1. The first-order valence-electron chi connectivity index (χ1n) is 11.9. The maximum atomic E-state index is 14.5. The van der Waals surface area contributed by atoms with Gasteiger partial charge in [0.15, 0.2) is 0 Å². The summed E-state index contributed by atoms with van der Waals surface area (Å²) in [6.07, 6.45) is 1.21. The van der Waals surface area contributed by atoms with E-state index in [1.165, 1.54) is 32.0 Å². The molecule has 39 heavy (non-hydrogen) atoms. The molecule has 1 aromatic heterocycles. The van der Waals surface area contributed by atoms with E-state index in [1.54, 1.807) is 25.1 Å². The molecular weight excluding hydrogens is 555 g/mol. The molecule has 0 amide bonds. The van der Waals surface area contributed by atoms with Crippen LogP contribution in [0.15, 0.2) is 58.5 Å². The van der Waals surface area contributed by atoms with E-state index in [2.05, 4.69) is 4.72 Å². The lowest BCUT2D eigenvalue weighted by Crippen LogP contribution is -2.40. The number of fused-ring (bicyclic) bond motifs is 1. The molecule has 1 unspecified atom stereocenters. The largest absolute Gasteiger partial charge is 0.345 e. The summed E-state index contributed by atoms with van der Waals surface area (Å²) in [6, 6.07) is 10.9. The summed E-state index contributed by atoms with van der Waals surface area (Å²) >= 11 is 0. The van der Waals surface area contributed by atoms with Crippen molar-refractivity contribution in [2.45, 2.75) is 62.0 Å². The number of anilines is 1. The van der Waals surface area contributed by atoms with Crippen molar-refractivity contribution in [3.8, 4) is 6.07 Å². The quantitative estimate of drug-likeness (QED) is 0.402. The highest BCUT2D eigenvalue weighted by molar-refractivity contribution is 7.93. The van der Waals surface area contributed by atoms with E-state index in [4.69, 9.17) is 10.00 Å². The van der Waals surface area contributed by atoms with E-state index in [0.717, 1.165) is 27.9 Å². The molecule has 208 valence electrons. The van der Waals surface area contributed by atoms with Crippen molar-refractivity contribution >= 4 is 25.7 Å². The van der Waals surface area contributed by atoms with Crippen molar-refractivity contribution in [2.75, 3.05) is 4.72 Å². The normalized spacial score (nSPS) is 16.1. The van der Waals surface area contributed by atoms with E-state index < -0.39 is 49.7 Å². The molecule has 0 aliphatic heterocycles. The summed E-state index contributed by atoms with van der Waals surface area (Å²) in [7, 11) is -8.80. The Morgan fingerprint density at radius 3 is 2.38 bits per heavy atom. The van der Waals surface area contributed by atoms with Crippen LogP contribution >= 0.6 is 0 Å². The lowest BCUT2D eigenvalue weighted by Gasteiger charge is -2.37. The van der Waals surface area contributed by atoms with Crippen molar-refractivity contribution in [2.24, 2.45) is 5.92 Å². The molecule has 0 bridgehead atoms. The highest BCUT2D eigenvalue weighted by Crippen LogP contribution is 2.40. The van der Waals surface area contributed by atoms with Crippen molar-refractivity contribution in [3.63, 3.8) is 0 Å². The zero-order valence-electron chi connectivity index (χ0n) is 21.3. The van der Waals surface area contributed by atoms with Gasteiger partial charge in [0, 0.05) is 11.9 Å². The SMILES string of the molecule is Cc1ccc(S(=O)(=O)n2cc(S(=O)(=O)Nc3ccc(C#N)cc3F)c3c2CC(C(C)(C)OC(F)F)CC3)cc1. The maximum absolute atomic E-state index is 14.5. The van der Waals surface area contributed by atoms with Gasteiger partial charge in [0.05, 0.1) is 27.8 Å². The Labute approximate surface area is 225 Å². The Morgan fingerprint density at radius 1 is 1.13 bits per heavy atom. The van der Waals surface area contributed by atoms with Crippen molar-refractivity contribution in [1.29, 1.82) is 5.26 Å². The monoisotopic (exact) mass is 581 g/mol. The fraction of sp³-hybridized carbons (Fsp3) is 0.346. The number of benzene rings is 2. The smallest absolute Gasteiger partial charge is 0.317 e. The summed E-state index contributed by atoms with van der Waals surface area (Å²) in [4.78, 5) is -0.464. The Bertz CT molecular complexity index is 1660. The van der Waals surface area contributed by atoms with Crippen LogP contribution in [0.25, 0.3) is 0 Å². The Hall–Kier alpha value is -3.34. The number of hydrogen-bond acceptors (Lipinski definition) is 6. The summed E-state index contributed by atoms with van der Waals surface area (Å²) < 4.78 is 103. The third-order valence-corrected chi connectivity index (χ3v) is 10.0. The molecule has 0 saturated heterocycles. The van der Waals surface area contributed by atoms with Crippen LogP contribution in [0.1, 0.15) is 42.7 Å². The van der Waals surface area contributed by atoms with Crippen LogP contribution in [0.3, 0.4) is 0 Å². The van der Waals surface area contributed by atoms with Gasteiger partial charge >= 0.3 is 6.61 Å². The van der Waals surface area contributed by atoms with Gasteiger partial charge in [-0.25, -0.2) is 25.2 Å². The first-order chi connectivity index (χ1) is 18.2. The van der Waals surface area contributed by atoms with Gasteiger partial charge < -0.3 is 4.74 Å². The number of nitriles is 1. The van der Waals surface area contributed by atoms with Crippen molar-refractivity contribution in [3.05, 3.63) is 76.9 Å². The van der Waals surface area contributed by atoms with E-state index in [9.17, 15) is 30.0 Å². The Kier molecular flexibility index (Phi) is 7.59. The molecule has 4 rings (SSSR count). The van der Waals surface area contributed by atoms with Gasteiger partial charge in [-0.1, -0.05) is 17.7 Å². The minimum absolute atomic E-state index is 0.0113. The number of halogens is 3. The second-order valence-corrected chi connectivity index (χ2v) is 13.3. The molecular formula is C26H26F3N3O5S2. The molecule has 1 heterocycles. The standard InChI is InChI=1S/C26H26F3N3O5S2/c1-16-4-8-19(9-5-16)39(35,36)32-15-24(38(33,34)31-22-11-6-17(14-30)12-21(22)27)20-10-7-18(13-23(20)32)26(2,3)37-25(28)29/h4-6,8-9,11-12,15,18,25,31H,7,10,13H2,1-3H3. The predicted octanol–water partition coefficient (Wildman–Crippen LogP) is 4.97. The molecule has 2 aromatic carbocycles. The molecule has 8 nitrogen and oxygen atoms in total. The van der Waals surface area contributed by atoms with E-state index >= 15 is 0 Å². The van der Waals surface area contributed by atoms with Crippen LogP contribution in [0.4, 0.5) is 18.9 Å². The van der Waals surface area contributed by atoms with Crippen LogP contribution < -0.4 is 4.72 Å². The zero-order valence-corrected chi connectivity index (χ0v) is 22.9. The van der Waals surface area contributed by atoms with Crippen molar-refractivity contribution in [1.82, 2.24) is 3.97 Å². The lowest BCUT2D eigenvalue weighted by atomic mass is 9.78. The van der Waals surface area contributed by atoms with Gasteiger partial charge in [0.2, 0.25) is 0 Å². The average Bonchev–Trinajstić information content (AvgIpc) is 3.25. The van der Waals surface area contributed by atoms with Crippen LogP contribution in [-0.4, -0.2) is 33.0 Å². The summed E-state index contributed by atoms with van der Waals surface area (Å²) in [5, 5.41) is 8.95. The molecule has 0 radical (unpaired) electrons. The number of ether oxygens (including phenoxy) is 1. The van der Waals surface area contributed by atoms with Gasteiger partial charge in [0.25, 0.3) is 20.0 Å². The number of nitrogens with zero attached hydrogens (tertiary/aromatic N) is 2. The van der Waals surface area contributed by atoms with Crippen LogP contribution in [0.5, 0.6) is 0 Å². The average molecular weight is 582 g/mol. The molecule has 1 atom stereocenters. The van der Waals surface area contributed by atoms with E-state index in [0.29, 0.717) is 0 Å². The topological polar surface area (TPSA) is 118 Å². The Morgan fingerprint density at radius 2 is 1.79 bits per heavy atom. The Balaban J connectivity index is 1.84. The van der Waals surface area contributed by atoms with E-state index in [-0.39, 0.29) is 45.9 Å². The van der Waals surface area contributed by atoms with Crippen LogP contribution in [-0.2, 0) is 37.6 Å². The third-order valence-electron chi connectivity index (χ3n) is 6.91. The van der Waals surface area contributed by atoms with Gasteiger partial charge in [-0.3, -0.25) is 4.72 Å². The van der Waals surface area contributed by atoms with Crippen LogP contribution in [0.2, 0.25) is 0 Å². The number of alkyl halides is 2. The summed E-state index contributed by atoms with van der Waals surface area (Å²) in [6.45, 7) is 1.68. The van der Waals surface area contributed by atoms with Crippen molar-refractivity contribution < 1.29 is 34.7 Å². The first-order valence-corrected chi connectivity index (χ1v) is 14.8. The van der Waals surface area contributed by atoms with Gasteiger partial charge in [0.1, 0.15) is 10.7 Å². The number of aromatic nitrogens is 1. The third kappa shape index (κ3) is 5.68. The van der Waals surface area contributed by atoms with Crippen LogP contribution in [0, 0.1) is 30.0 Å². The van der Waals surface area contributed by atoms with Gasteiger partial charge in [-0.2, -0.15) is 14.0 Å². The molecule has 1 aliphatic carbocycles. The maximum Gasteiger partial charge on any atom is 0.345 e. The lowest BCUT2D eigenvalue weighted by molar-refractivity contribution is -0.215. The highest BCUT2D eigenvalue weighted by Gasteiger charge is 2.40. The summed E-state index contributed by atoms with van der Waals surface area (Å²) in [5.74, 6) is -1.54. The molecule has 1 N–H and O–H groups in total. The molecule has 13 heteroatoms. The highest BCUT2D eigenvalue weighted by atomic mass is 32.2. The number of nitrogens with one attached hydrogen (secondary N) is 1. The zero-order chi connectivity index (χ0) is 28.8. The minimum Gasteiger partial charge on any atom is -0.317 e. The molecule has 0 spiro atoms. The second kappa shape index (κ2) is 10.3. The molecule has 0 saturated carbocycles. The fourth-order valence-corrected chi connectivity index (χ4v) is 7.57. The number of sulfonamides is 1. The number of rotatable bonds is 8. The molecule has 3 aromatic rings. The first kappa shape index (κ1) is 28.7. The molecule has 0 fully saturated rings. The number of hydrogen-bond donors (Lipinski definition) is 1. The van der Waals surface area contributed by atoms with E-state index in [1.807, 2.05) is 0 Å².